The lowest BCUT2D eigenvalue weighted by molar-refractivity contribution is -0.118. The second kappa shape index (κ2) is 11.9. The van der Waals surface area contributed by atoms with Gasteiger partial charge >= 0.3 is 0 Å². The van der Waals surface area contributed by atoms with Crippen LogP contribution < -0.4 is 16.0 Å². The molecule has 3 N–H and O–H groups in total. The minimum atomic E-state index is -2.67. The molecule has 3 aromatic heterocycles. The van der Waals surface area contributed by atoms with Crippen LogP contribution in [-0.2, 0) is 11.3 Å². The number of rotatable bonds is 9. The second-order valence-electron chi connectivity index (χ2n) is 8.94. The van der Waals surface area contributed by atoms with Crippen molar-refractivity contribution in [3.8, 4) is 0 Å². The van der Waals surface area contributed by atoms with E-state index in [-0.39, 0.29) is 38.0 Å². The molecular formula is C24H26ClF2N7O2S. The van der Waals surface area contributed by atoms with E-state index in [1.807, 2.05) is 6.92 Å². The van der Waals surface area contributed by atoms with Gasteiger partial charge in [-0.1, -0.05) is 11.6 Å². The number of nitrogens with one attached hydrogen (secondary N) is 3. The Balaban J connectivity index is 1.41. The molecule has 1 atom stereocenters. The highest BCUT2D eigenvalue weighted by Crippen LogP contribution is 2.38. The van der Waals surface area contributed by atoms with Gasteiger partial charge in [0, 0.05) is 19.0 Å². The van der Waals surface area contributed by atoms with Crippen molar-refractivity contribution in [2.45, 2.75) is 57.5 Å². The number of nitrogens with zero attached hydrogens (tertiary/aromatic N) is 4. The number of hydrogen-bond donors (Lipinski definition) is 3. The molecule has 0 aromatic carbocycles. The molecular weight excluding hydrogens is 524 g/mol. The normalized spacial score (nSPS) is 16.1. The van der Waals surface area contributed by atoms with Crippen molar-refractivity contribution in [2.24, 2.45) is 5.92 Å². The predicted molar refractivity (Wildman–Crippen MR) is 137 cm³/mol. The summed E-state index contributed by atoms with van der Waals surface area (Å²) in [5.74, 6) is -3.69. The van der Waals surface area contributed by atoms with E-state index in [1.54, 1.807) is 18.3 Å². The van der Waals surface area contributed by atoms with Crippen LogP contribution in [0.3, 0.4) is 0 Å². The van der Waals surface area contributed by atoms with Crippen LogP contribution in [0.5, 0.6) is 0 Å². The van der Waals surface area contributed by atoms with Gasteiger partial charge < -0.3 is 16.0 Å². The molecule has 2 amide bonds. The quantitative estimate of drug-likeness (QED) is 0.348. The molecule has 1 saturated carbocycles. The molecule has 4 rings (SSSR count). The number of carbonyl (C=O) groups excluding carboxylic acids is 2. The van der Waals surface area contributed by atoms with Crippen LogP contribution in [-0.4, -0.2) is 43.9 Å². The summed E-state index contributed by atoms with van der Waals surface area (Å²) in [6.45, 7) is 2.20. The van der Waals surface area contributed by atoms with Crippen LogP contribution in [0.15, 0.2) is 36.9 Å². The lowest BCUT2D eigenvalue weighted by Gasteiger charge is -2.30. The van der Waals surface area contributed by atoms with Gasteiger partial charge in [0.05, 0.1) is 47.2 Å². The topological polar surface area (TPSA) is 122 Å². The third kappa shape index (κ3) is 7.62. The zero-order valence-electron chi connectivity index (χ0n) is 20.0. The molecule has 1 aliphatic rings. The van der Waals surface area contributed by atoms with Crippen molar-refractivity contribution in [3.05, 3.63) is 57.5 Å². The molecule has 0 aliphatic heterocycles. The maximum absolute atomic E-state index is 13.6. The minimum Gasteiger partial charge on any atom is -0.377 e. The van der Waals surface area contributed by atoms with Crippen LogP contribution in [0.1, 0.15) is 52.5 Å². The zero-order valence-corrected chi connectivity index (χ0v) is 21.6. The maximum atomic E-state index is 13.6. The first-order valence-electron chi connectivity index (χ1n) is 11.8. The van der Waals surface area contributed by atoms with E-state index < -0.39 is 23.8 Å². The molecule has 196 valence electrons. The van der Waals surface area contributed by atoms with Crippen molar-refractivity contribution in [1.29, 1.82) is 0 Å². The SMILES string of the molecule is Cc1ncc(Cl)cc1NCc1ncc(C(=O)N[C@@H](CC2CCC(F)(F)CC2)C(=O)Nc2ccnnc2)s1. The van der Waals surface area contributed by atoms with E-state index in [2.05, 4.69) is 36.1 Å². The first kappa shape index (κ1) is 26.8. The van der Waals surface area contributed by atoms with Gasteiger partial charge in [0.25, 0.3) is 5.91 Å². The predicted octanol–water partition coefficient (Wildman–Crippen LogP) is 4.85. The molecule has 3 heterocycles. The van der Waals surface area contributed by atoms with Gasteiger partial charge in [0.2, 0.25) is 11.8 Å². The number of pyridine rings is 1. The van der Waals surface area contributed by atoms with E-state index in [0.29, 0.717) is 27.1 Å². The van der Waals surface area contributed by atoms with Crippen molar-refractivity contribution < 1.29 is 18.4 Å². The lowest BCUT2D eigenvalue weighted by Crippen LogP contribution is -2.45. The van der Waals surface area contributed by atoms with Gasteiger partial charge in [-0.2, -0.15) is 10.2 Å². The van der Waals surface area contributed by atoms with Gasteiger partial charge in [0.1, 0.15) is 15.9 Å². The van der Waals surface area contributed by atoms with Crippen LogP contribution in [0, 0.1) is 12.8 Å². The van der Waals surface area contributed by atoms with Gasteiger partial charge in [-0.05, 0) is 44.2 Å². The van der Waals surface area contributed by atoms with Crippen LogP contribution in [0.2, 0.25) is 5.02 Å². The third-order valence-electron chi connectivity index (χ3n) is 6.14. The fourth-order valence-electron chi connectivity index (χ4n) is 4.08. The number of hydrogen-bond acceptors (Lipinski definition) is 8. The summed E-state index contributed by atoms with van der Waals surface area (Å²) in [6, 6.07) is 2.42. The molecule has 3 aromatic rings. The molecule has 0 spiro atoms. The number of aromatic nitrogens is 4. The third-order valence-corrected chi connectivity index (χ3v) is 7.34. The summed E-state index contributed by atoms with van der Waals surface area (Å²) in [6.07, 6.45) is 6.21. The molecule has 37 heavy (non-hydrogen) atoms. The number of alkyl halides is 2. The summed E-state index contributed by atoms with van der Waals surface area (Å²) in [5, 5.41) is 17.3. The Morgan fingerprint density at radius 3 is 2.70 bits per heavy atom. The molecule has 9 nitrogen and oxygen atoms in total. The minimum absolute atomic E-state index is 0.109. The fourth-order valence-corrected chi connectivity index (χ4v) is 5.00. The first-order valence-corrected chi connectivity index (χ1v) is 12.9. The van der Waals surface area contributed by atoms with Crippen LogP contribution >= 0.6 is 22.9 Å². The Kier molecular flexibility index (Phi) is 8.59. The standard InChI is InChI=1S/C24H26ClF2N7O2S/c1-14-18(9-16(25)10-28-14)29-13-21-30-12-20(37-21)23(36)34-19(8-15-2-5-24(26,27)6-3-15)22(35)33-17-4-7-31-32-11-17/h4,7,9-12,15,19,29H,2-3,5-6,8,13H2,1H3,(H,34,36)(H,31,33,35)/t19-/m0/s1. The Labute approximate surface area is 221 Å². The summed E-state index contributed by atoms with van der Waals surface area (Å²) in [4.78, 5) is 34.9. The van der Waals surface area contributed by atoms with Crippen molar-refractivity contribution in [1.82, 2.24) is 25.5 Å². The number of anilines is 2. The van der Waals surface area contributed by atoms with Gasteiger partial charge in [0.15, 0.2) is 0 Å². The average molecular weight is 550 g/mol. The maximum Gasteiger partial charge on any atom is 0.263 e. The molecule has 0 saturated heterocycles. The average Bonchev–Trinajstić information content (AvgIpc) is 3.35. The largest absolute Gasteiger partial charge is 0.377 e. The van der Waals surface area contributed by atoms with Crippen LogP contribution in [0.25, 0.3) is 0 Å². The van der Waals surface area contributed by atoms with E-state index in [4.69, 9.17) is 11.6 Å². The zero-order chi connectivity index (χ0) is 26.4. The highest BCUT2D eigenvalue weighted by atomic mass is 35.5. The van der Waals surface area contributed by atoms with Gasteiger partial charge in [-0.3, -0.25) is 14.6 Å². The number of amides is 2. The van der Waals surface area contributed by atoms with Gasteiger partial charge in [-0.25, -0.2) is 13.8 Å². The molecule has 1 aliphatic carbocycles. The number of carbonyl (C=O) groups is 2. The molecule has 0 radical (unpaired) electrons. The monoisotopic (exact) mass is 549 g/mol. The summed E-state index contributed by atoms with van der Waals surface area (Å²) in [5.41, 5.74) is 1.96. The molecule has 0 unspecified atom stereocenters. The lowest BCUT2D eigenvalue weighted by atomic mass is 9.82. The molecule has 1 fully saturated rings. The Morgan fingerprint density at radius 1 is 1.19 bits per heavy atom. The summed E-state index contributed by atoms with van der Waals surface area (Å²) >= 11 is 7.19. The van der Waals surface area contributed by atoms with Crippen molar-refractivity contribution in [2.75, 3.05) is 10.6 Å². The highest BCUT2D eigenvalue weighted by molar-refractivity contribution is 7.13. The second-order valence-corrected chi connectivity index (χ2v) is 10.5. The number of aryl methyl sites for hydroxylation is 1. The van der Waals surface area contributed by atoms with E-state index in [0.717, 1.165) is 11.4 Å². The first-order chi connectivity index (χ1) is 17.7. The fraction of sp³-hybridized carbons (Fsp3) is 0.417. The van der Waals surface area contributed by atoms with E-state index >= 15 is 0 Å². The van der Waals surface area contributed by atoms with Gasteiger partial charge in [-0.15, -0.1) is 11.3 Å². The Morgan fingerprint density at radius 2 is 1.97 bits per heavy atom. The number of thiazole rings is 1. The van der Waals surface area contributed by atoms with Crippen molar-refractivity contribution >= 4 is 46.1 Å². The number of halogens is 3. The molecule has 0 bridgehead atoms. The molecule has 13 heteroatoms. The Bertz CT molecular complexity index is 1230. The summed E-state index contributed by atoms with van der Waals surface area (Å²) in [7, 11) is 0. The Hall–Kier alpha value is -3.25. The highest BCUT2D eigenvalue weighted by Gasteiger charge is 2.37. The smallest absolute Gasteiger partial charge is 0.263 e. The van der Waals surface area contributed by atoms with Crippen LogP contribution in [0.4, 0.5) is 20.2 Å². The van der Waals surface area contributed by atoms with Crippen molar-refractivity contribution in [3.63, 3.8) is 0 Å². The van der Waals surface area contributed by atoms with E-state index in [9.17, 15) is 18.4 Å². The summed E-state index contributed by atoms with van der Waals surface area (Å²) < 4.78 is 27.3. The van der Waals surface area contributed by atoms with E-state index in [1.165, 1.54) is 29.9 Å².